The van der Waals surface area contributed by atoms with Crippen molar-refractivity contribution in [3.8, 4) is 0 Å². The first-order valence-electron chi connectivity index (χ1n) is 5.26. The van der Waals surface area contributed by atoms with Crippen LogP contribution >= 0.6 is 11.6 Å². The number of rotatable bonds is 2. The minimum atomic E-state index is -3.08. The van der Waals surface area contributed by atoms with E-state index in [1.165, 1.54) is 6.92 Å². The molecule has 0 bridgehead atoms. The molecule has 0 aliphatic carbocycles. The van der Waals surface area contributed by atoms with Crippen LogP contribution in [0.5, 0.6) is 0 Å². The molecule has 1 aliphatic rings. The molecular formula is C9H15ClN2O4S. The minimum absolute atomic E-state index is 0.0783. The Morgan fingerprint density at radius 2 is 2.06 bits per heavy atom. The van der Waals surface area contributed by atoms with Crippen molar-refractivity contribution in [2.75, 3.05) is 11.5 Å². The maximum absolute atomic E-state index is 11.3. The Balaban J connectivity index is 2.44. The van der Waals surface area contributed by atoms with Gasteiger partial charge in [-0.1, -0.05) is 0 Å². The molecule has 1 heterocycles. The van der Waals surface area contributed by atoms with Crippen molar-refractivity contribution in [3.05, 3.63) is 0 Å². The van der Waals surface area contributed by atoms with Gasteiger partial charge in [0.25, 0.3) is 0 Å². The van der Waals surface area contributed by atoms with Crippen molar-refractivity contribution in [1.82, 2.24) is 10.6 Å². The Morgan fingerprint density at radius 3 is 2.59 bits per heavy atom. The fourth-order valence-corrected chi connectivity index (χ4v) is 3.26. The number of carbonyl (C=O) groups excluding carboxylic acids is 2. The number of hydrogen-bond acceptors (Lipinski definition) is 4. The first-order chi connectivity index (χ1) is 7.80. The molecule has 98 valence electrons. The molecule has 2 atom stereocenters. The summed E-state index contributed by atoms with van der Waals surface area (Å²) in [5.74, 6) is -0.530. The van der Waals surface area contributed by atoms with Gasteiger partial charge in [-0.3, -0.25) is 10.1 Å². The van der Waals surface area contributed by atoms with Crippen molar-refractivity contribution in [2.24, 2.45) is 0 Å². The third-order valence-electron chi connectivity index (χ3n) is 2.40. The fraction of sp³-hybridized carbons (Fsp3) is 0.778. The maximum atomic E-state index is 11.3. The van der Waals surface area contributed by atoms with E-state index in [4.69, 9.17) is 11.6 Å². The van der Waals surface area contributed by atoms with Crippen LogP contribution in [0.3, 0.4) is 0 Å². The van der Waals surface area contributed by atoms with Crippen LogP contribution in [0.2, 0.25) is 0 Å². The summed E-state index contributed by atoms with van der Waals surface area (Å²) in [7, 11) is -3.08. The number of alkyl halides is 1. The van der Waals surface area contributed by atoms with Crippen LogP contribution in [-0.2, 0) is 14.6 Å². The van der Waals surface area contributed by atoms with E-state index in [-0.39, 0.29) is 11.5 Å². The Hall–Kier alpha value is -0.820. The maximum Gasteiger partial charge on any atom is 0.321 e. The van der Waals surface area contributed by atoms with Gasteiger partial charge in [0.1, 0.15) is 5.38 Å². The molecule has 1 fully saturated rings. The van der Waals surface area contributed by atoms with E-state index in [1.54, 1.807) is 0 Å². The molecule has 6 nitrogen and oxygen atoms in total. The molecule has 1 saturated heterocycles. The largest absolute Gasteiger partial charge is 0.334 e. The van der Waals surface area contributed by atoms with Gasteiger partial charge in [-0.15, -0.1) is 11.6 Å². The Morgan fingerprint density at radius 1 is 1.41 bits per heavy atom. The smallest absolute Gasteiger partial charge is 0.321 e. The molecular weight excluding hydrogens is 268 g/mol. The minimum Gasteiger partial charge on any atom is -0.334 e. The molecule has 0 saturated carbocycles. The van der Waals surface area contributed by atoms with Crippen molar-refractivity contribution in [3.63, 3.8) is 0 Å². The van der Waals surface area contributed by atoms with Gasteiger partial charge in [0.15, 0.2) is 9.84 Å². The van der Waals surface area contributed by atoms with E-state index in [0.717, 1.165) is 0 Å². The fourth-order valence-electron chi connectivity index (χ4n) is 1.57. The predicted octanol–water partition coefficient (Wildman–Crippen LogP) is 0.0167. The first kappa shape index (κ1) is 14.2. The zero-order valence-corrected chi connectivity index (χ0v) is 11.0. The average molecular weight is 283 g/mol. The zero-order valence-electron chi connectivity index (χ0n) is 9.40. The molecule has 8 heteroatoms. The molecule has 1 aliphatic heterocycles. The zero-order chi connectivity index (χ0) is 13.1. The van der Waals surface area contributed by atoms with Gasteiger partial charge in [0, 0.05) is 6.04 Å². The third-order valence-corrected chi connectivity index (χ3v) is 4.42. The van der Waals surface area contributed by atoms with Crippen LogP contribution < -0.4 is 10.6 Å². The standard InChI is InChI=1S/C9H15ClN2O4S/c1-6(10)8(13)12-9(14)11-7-3-2-4-17(15,16)5-7/h6-7H,2-5H2,1H3,(H2,11,12,13,14). The van der Waals surface area contributed by atoms with Crippen molar-refractivity contribution in [1.29, 1.82) is 0 Å². The summed E-state index contributed by atoms with van der Waals surface area (Å²) >= 11 is 5.47. The van der Waals surface area contributed by atoms with Crippen LogP contribution in [0.4, 0.5) is 4.79 Å². The summed E-state index contributed by atoms with van der Waals surface area (Å²) in [5, 5.41) is 3.68. The molecule has 0 radical (unpaired) electrons. The Bertz CT molecular complexity index is 407. The lowest BCUT2D eigenvalue weighted by atomic mass is 10.2. The van der Waals surface area contributed by atoms with Crippen LogP contribution in [0, 0.1) is 0 Å². The van der Waals surface area contributed by atoms with E-state index in [1.807, 2.05) is 5.32 Å². The van der Waals surface area contributed by atoms with Crippen molar-refractivity contribution < 1.29 is 18.0 Å². The summed E-state index contributed by atoms with van der Waals surface area (Å²) in [4.78, 5) is 22.4. The highest BCUT2D eigenvalue weighted by Crippen LogP contribution is 2.11. The van der Waals surface area contributed by atoms with Crippen molar-refractivity contribution >= 4 is 33.4 Å². The second-order valence-electron chi connectivity index (χ2n) is 4.03. The highest BCUT2D eigenvalue weighted by Gasteiger charge is 2.26. The second kappa shape index (κ2) is 5.68. The molecule has 3 amide bonds. The van der Waals surface area contributed by atoms with E-state index in [9.17, 15) is 18.0 Å². The first-order valence-corrected chi connectivity index (χ1v) is 7.52. The average Bonchev–Trinajstić information content (AvgIpc) is 2.15. The summed E-state index contributed by atoms with van der Waals surface area (Å²) in [6, 6.07) is -1.14. The van der Waals surface area contributed by atoms with Gasteiger partial charge in [0.2, 0.25) is 5.91 Å². The molecule has 1 rings (SSSR count). The Labute approximate surface area is 105 Å². The lowest BCUT2D eigenvalue weighted by Gasteiger charge is -2.22. The summed E-state index contributed by atoms with van der Waals surface area (Å²) in [5.41, 5.74) is 0. The van der Waals surface area contributed by atoms with E-state index < -0.39 is 33.2 Å². The van der Waals surface area contributed by atoms with Crippen molar-refractivity contribution in [2.45, 2.75) is 31.2 Å². The van der Waals surface area contributed by atoms with Gasteiger partial charge in [-0.2, -0.15) is 0 Å². The SMILES string of the molecule is CC(Cl)C(=O)NC(=O)NC1CCCS(=O)(=O)C1. The van der Waals surface area contributed by atoms with Gasteiger partial charge < -0.3 is 5.32 Å². The molecule has 0 aromatic rings. The topological polar surface area (TPSA) is 92.3 Å². The lowest BCUT2D eigenvalue weighted by molar-refractivity contribution is -0.119. The number of halogens is 1. The van der Waals surface area contributed by atoms with Crippen LogP contribution in [-0.4, -0.2) is 43.3 Å². The molecule has 0 spiro atoms. The van der Waals surface area contributed by atoms with Gasteiger partial charge in [-0.05, 0) is 19.8 Å². The monoisotopic (exact) mass is 282 g/mol. The van der Waals surface area contributed by atoms with Crippen LogP contribution in [0.25, 0.3) is 0 Å². The highest BCUT2D eigenvalue weighted by atomic mass is 35.5. The number of carbonyl (C=O) groups is 2. The normalized spacial score (nSPS) is 24.7. The molecule has 2 unspecified atom stereocenters. The van der Waals surface area contributed by atoms with Gasteiger partial charge in [0.05, 0.1) is 11.5 Å². The molecule has 2 N–H and O–H groups in total. The number of hydrogen-bond donors (Lipinski definition) is 2. The quantitative estimate of drug-likeness (QED) is 0.698. The summed E-state index contributed by atoms with van der Waals surface area (Å²) in [6.45, 7) is 1.44. The van der Waals surface area contributed by atoms with E-state index >= 15 is 0 Å². The van der Waals surface area contributed by atoms with Crippen LogP contribution in [0.1, 0.15) is 19.8 Å². The van der Waals surface area contributed by atoms with E-state index in [0.29, 0.717) is 12.8 Å². The highest BCUT2D eigenvalue weighted by molar-refractivity contribution is 7.91. The number of sulfone groups is 1. The van der Waals surface area contributed by atoms with Crippen LogP contribution in [0.15, 0.2) is 0 Å². The Kier molecular flexibility index (Phi) is 4.76. The van der Waals surface area contributed by atoms with Gasteiger partial charge in [-0.25, -0.2) is 13.2 Å². The number of nitrogens with one attached hydrogen (secondary N) is 2. The van der Waals surface area contributed by atoms with Gasteiger partial charge >= 0.3 is 6.03 Å². The number of imide groups is 1. The summed E-state index contributed by atoms with van der Waals surface area (Å²) in [6.07, 6.45) is 1.12. The third kappa shape index (κ3) is 4.91. The van der Waals surface area contributed by atoms with E-state index in [2.05, 4.69) is 5.32 Å². The predicted molar refractivity (Wildman–Crippen MR) is 63.7 cm³/mol. The second-order valence-corrected chi connectivity index (χ2v) is 6.92. The lowest BCUT2D eigenvalue weighted by Crippen LogP contribution is -2.49. The molecule has 0 aromatic carbocycles. The molecule has 17 heavy (non-hydrogen) atoms. The summed E-state index contributed by atoms with van der Waals surface area (Å²) < 4.78 is 22.6. The molecule has 0 aromatic heterocycles. The number of amides is 3. The number of urea groups is 1.